The lowest BCUT2D eigenvalue weighted by Crippen LogP contribution is -2.21. The van der Waals surface area contributed by atoms with Gasteiger partial charge >= 0.3 is 0 Å². The summed E-state index contributed by atoms with van der Waals surface area (Å²) in [5, 5.41) is 4.26. The molecule has 0 aromatic carbocycles. The van der Waals surface area contributed by atoms with Gasteiger partial charge in [-0.1, -0.05) is 0 Å². The van der Waals surface area contributed by atoms with Gasteiger partial charge in [-0.25, -0.2) is 0 Å². The topological polar surface area (TPSA) is 67.6 Å². The molecular weight excluding hydrogens is 262 g/mol. The largest absolute Gasteiger partial charge is 0.486 e. The minimum atomic E-state index is -0.0834. The van der Waals surface area contributed by atoms with E-state index in [2.05, 4.69) is 5.32 Å². The van der Waals surface area contributed by atoms with Crippen molar-refractivity contribution < 1.29 is 9.53 Å². The van der Waals surface area contributed by atoms with E-state index in [1.807, 2.05) is 13.8 Å². The summed E-state index contributed by atoms with van der Waals surface area (Å²) >= 11 is 1.38. The van der Waals surface area contributed by atoms with Crippen LogP contribution in [0.15, 0.2) is 0 Å². The number of nitrogens with zero attached hydrogens (tertiary/aromatic N) is 1. The summed E-state index contributed by atoms with van der Waals surface area (Å²) in [5.74, 6) is 0.539. The highest BCUT2D eigenvalue weighted by Crippen LogP contribution is 2.45. The molecular formula is C13H21N3O2S. The Hall–Kier alpha value is -1.43. The lowest BCUT2D eigenvalue weighted by Gasteiger charge is -2.12. The van der Waals surface area contributed by atoms with Crippen LogP contribution in [-0.4, -0.2) is 37.0 Å². The molecule has 106 valence electrons. The third-order valence-electron chi connectivity index (χ3n) is 2.77. The molecule has 1 saturated carbocycles. The second kappa shape index (κ2) is 5.28. The Kier molecular flexibility index (Phi) is 3.89. The molecule has 1 aliphatic carbocycles. The number of nitrogens with two attached hydrogens (primary N) is 1. The fraction of sp³-hybridized carbons (Fsp3) is 0.615. The van der Waals surface area contributed by atoms with Gasteiger partial charge in [-0.15, -0.1) is 11.3 Å². The van der Waals surface area contributed by atoms with Gasteiger partial charge in [0.2, 0.25) is 0 Å². The second-order valence-corrected chi connectivity index (χ2v) is 6.31. The number of hydrogen-bond acceptors (Lipinski definition) is 5. The molecule has 6 heteroatoms. The molecule has 1 aliphatic rings. The molecule has 19 heavy (non-hydrogen) atoms. The van der Waals surface area contributed by atoms with Crippen LogP contribution in [0.2, 0.25) is 0 Å². The first-order valence-electron chi connectivity index (χ1n) is 6.47. The van der Waals surface area contributed by atoms with E-state index in [-0.39, 0.29) is 12.0 Å². The van der Waals surface area contributed by atoms with Gasteiger partial charge in [-0.3, -0.25) is 4.79 Å². The molecule has 1 aromatic rings. The first kappa shape index (κ1) is 14.0. The van der Waals surface area contributed by atoms with Crippen LogP contribution in [0, 0.1) is 0 Å². The molecule has 0 bridgehead atoms. The summed E-state index contributed by atoms with van der Waals surface area (Å²) < 4.78 is 5.77. The van der Waals surface area contributed by atoms with Crippen LogP contribution in [0.4, 0.5) is 10.7 Å². The standard InChI is InChI=1S/C13H21N3O2S/c1-7(2)18-10-9(14)11(13(17)16(3)4)19-12(10)15-8-5-6-8/h7-8,15H,5-6,14H2,1-4H3. The second-order valence-electron chi connectivity index (χ2n) is 5.29. The van der Waals surface area contributed by atoms with Crippen molar-refractivity contribution in [2.24, 2.45) is 0 Å². The van der Waals surface area contributed by atoms with Crippen LogP contribution in [-0.2, 0) is 0 Å². The average molecular weight is 283 g/mol. The predicted molar refractivity (Wildman–Crippen MR) is 79.2 cm³/mol. The fourth-order valence-corrected chi connectivity index (χ4v) is 2.80. The number of hydrogen-bond donors (Lipinski definition) is 2. The number of carbonyl (C=O) groups is 1. The van der Waals surface area contributed by atoms with Crippen LogP contribution >= 0.6 is 11.3 Å². The van der Waals surface area contributed by atoms with Crippen molar-refractivity contribution >= 4 is 27.9 Å². The van der Waals surface area contributed by atoms with Crippen molar-refractivity contribution in [2.45, 2.75) is 38.8 Å². The Morgan fingerprint density at radius 1 is 1.47 bits per heavy atom. The number of nitrogen functional groups attached to an aromatic ring is 1. The maximum absolute atomic E-state index is 12.1. The zero-order valence-corrected chi connectivity index (χ0v) is 12.6. The third kappa shape index (κ3) is 3.12. The van der Waals surface area contributed by atoms with Crippen molar-refractivity contribution in [2.75, 3.05) is 25.1 Å². The third-order valence-corrected chi connectivity index (χ3v) is 3.87. The molecule has 0 saturated heterocycles. The van der Waals surface area contributed by atoms with Gasteiger partial charge in [0.1, 0.15) is 15.6 Å². The molecule has 5 nitrogen and oxygen atoms in total. The highest BCUT2D eigenvalue weighted by molar-refractivity contribution is 7.19. The maximum Gasteiger partial charge on any atom is 0.265 e. The molecule has 0 unspecified atom stereocenters. The smallest absolute Gasteiger partial charge is 0.265 e. The first-order chi connectivity index (χ1) is 8.90. The van der Waals surface area contributed by atoms with Gasteiger partial charge in [-0.05, 0) is 26.7 Å². The zero-order chi connectivity index (χ0) is 14.2. The number of carbonyl (C=O) groups excluding carboxylic acids is 1. The van der Waals surface area contributed by atoms with E-state index in [0.29, 0.717) is 22.4 Å². The van der Waals surface area contributed by atoms with Crippen LogP contribution < -0.4 is 15.8 Å². The number of anilines is 2. The number of thiophene rings is 1. The molecule has 0 spiro atoms. The number of amides is 1. The molecule has 2 rings (SSSR count). The normalized spacial score (nSPS) is 14.6. The average Bonchev–Trinajstić information content (AvgIpc) is 3.08. The van der Waals surface area contributed by atoms with Crippen molar-refractivity contribution in [1.29, 1.82) is 0 Å². The van der Waals surface area contributed by atoms with Crippen LogP contribution in [0.1, 0.15) is 36.4 Å². The quantitative estimate of drug-likeness (QED) is 0.870. The van der Waals surface area contributed by atoms with Crippen LogP contribution in [0.25, 0.3) is 0 Å². The minimum Gasteiger partial charge on any atom is -0.486 e. The number of rotatable bonds is 5. The van der Waals surface area contributed by atoms with E-state index < -0.39 is 0 Å². The first-order valence-corrected chi connectivity index (χ1v) is 7.29. The summed E-state index contributed by atoms with van der Waals surface area (Å²) in [5.41, 5.74) is 6.53. The summed E-state index contributed by atoms with van der Waals surface area (Å²) in [4.78, 5) is 14.2. The summed E-state index contributed by atoms with van der Waals surface area (Å²) in [6, 6.07) is 0.495. The monoisotopic (exact) mass is 283 g/mol. The molecule has 1 fully saturated rings. The van der Waals surface area contributed by atoms with Crippen molar-refractivity contribution in [3.05, 3.63) is 4.88 Å². The SMILES string of the molecule is CC(C)Oc1c(NC2CC2)sc(C(=O)N(C)C)c1N. The summed E-state index contributed by atoms with van der Waals surface area (Å²) in [6.45, 7) is 3.90. The van der Waals surface area contributed by atoms with Crippen molar-refractivity contribution in [1.82, 2.24) is 4.90 Å². The molecule has 1 heterocycles. The van der Waals surface area contributed by atoms with E-state index in [1.165, 1.54) is 16.2 Å². The van der Waals surface area contributed by atoms with Gasteiger partial charge in [0, 0.05) is 20.1 Å². The van der Waals surface area contributed by atoms with Crippen molar-refractivity contribution in [3.63, 3.8) is 0 Å². The highest BCUT2D eigenvalue weighted by Gasteiger charge is 2.28. The predicted octanol–water partition coefficient (Wildman–Crippen LogP) is 2.39. The van der Waals surface area contributed by atoms with E-state index in [9.17, 15) is 4.79 Å². The lowest BCUT2D eigenvalue weighted by atomic mass is 10.3. The zero-order valence-electron chi connectivity index (χ0n) is 11.8. The van der Waals surface area contributed by atoms with Crippen molar-refractivity contribution in [3.8, 4) is 5.75 Å². The summed E-state index contributed by atoms with van der Waals surface area (Å²) in [7, 11) is 3.44. The highest BCUT2D eigenvalue weighted by atomic mass is 32.1. The van der Waals surface area contributed by atoms with Gasteiger partial charge in [0.05, 0.1) is 6.10 Å². The molecule has 1 amide bonds. The van der Waals surface area contributed by atoms with Gasteiger partial charge in [0.15, 0.2) is 5.75 Å². The van der Waals surface area contributed by atoms with E-state index in [1.54, 1.807) is 14.1 Å². The Morgan fingerprint density at radius 3 is 2.58 bits per heavy atom. The Bertz CT molecular complexity index is 478. The number of ether oxygens (including phenoxy) is 1. The van der Waals surface area contributed by atoms with Crippen LogP contribution in [0.5, 0.6) is 5.75 Å². The van der Waals surface area contributed by atoms with E-state index in [4.69, 9.17) is 10.5 Å². The van der Waals surface area contributed by atoms with Gasteiger partial charge < -0.3 is 20.7 Å². The Labute approximate surface area is 117 Å². The van der Waals surface area contributed by atoms with Crippen LogP contribution in [0.3, 0.4) is 0 Å². The molecule has 0 radical (unpaired) electrons. The maximum atomic E-state index is 12.1. The molecule has 0 atom stereocenters. The molecule has 3 N–H and O–H groups in total. The van der Waals surface area contributed by atoms with E-state index >= 15 is 0 Å². The summed E-state index contributed by atoms with van der Waals surface area (Å²) in [6.07, 6.45) is 2.35. The fourth-order valence-electron chi connectivity index (χ4n) is 1.65. The van der Waals surface area contributed by atoms with E-state index in [0.717, 1.165) is 17.8 Å². The molecule has 1 aromatic heterocycles. The Balaban J connectivity index is 2.33. The van der Waals surface area contributed by atoms with Gasteiger partial charge in [-0.2, -0.15) is 0 Å². The minimum absolute atomic E-state index is 0.0268. The van der Waals surface area contributed by atoms with Gasteiger partial charge in [0.25, 0.3) is 5.91 Å². The Morgan fingerprint density at radius 2 is 2.11 bits per heavy atom. The lowest BCUT2D eigenvalue weighted by molar-refractivity contribution is 0.0833. The number of nitrogens with one attached hydrogen (secondary N) is 1. The molecule has 0 aliphatic heterocycles.